The molecule has 3 aromatic rings. The van der Waals surface area contributed by atoms with Crippen molar-refractivity contribution in [2.75, 3.05) is 6.54 Å². The average molecular weight is 442 g/mol. The van der Waals surface area contributed by atoms with Gasteiger partial charge in [-0.15, -0.1) is 0 Å². The first kappa shape index (κ1) is 21.2. The van der Waals surface area contributed by atoms with E-state index in [2.05, 4.69) is 28.1 Å². The Morgan fingerprint density at radius 2 is 1.73 bits per heavy atom. The number of Topliss-reactive ketones (excluding diaryl/α,β-unsaturated/α-hetero) is 1. The van der Waals surface area contributed by atoms with Gasteiger partial charge in [-0.25, -0.2) is 4.79 Å². The van der Waals surface area contributed by atoms with Crippen LogP contribution in [0.1, 0.15) is 51.8 Å². The largest absolute Gasteiger partial charge is 0.325 e. The first-order chi connectivity index (χ1) is 15.8. The highest BCUT2D eigenvalue weighted by Gasteiger charge is 2.49. The molecule has 1 fully saturated rings. The Kier molecular flexibility index (Phi) is 4.96. The second kappa shape index (κ2) is 7.73. The predicted octanol–water partition coefficient (Wildman–Crippen LogP) is 4.23. The standard InChI is InChI=1S/C27H27N3O3/c1-17-14-23(18(2)30(17)22-13-12-19-8-7-9-20(19)15-22)24(31)16-29-25(32)27(3,28-26(29)33)21-10-5-4-6-11-21/h4-6,10-15H,7-9,16H2,1-3H3,(H,28,33)/t27-/m1/s1. The van der Waals surface area contributed by atoms with Crippen LogP contribution in [0.15, 0.2) is 54.6 Å². The molecule has 1 atom stereocenters. The molecule has 0 unspecified atom stereocenters. The molecule has 1 aliphatic carbocycles. The van der Waals surface area contributed by atoms with Crippen LogP contribution in [0.3, 0.4) is 0 Å². The number of benzene rings is 2. The maximum absolute atomic E-state index is 13.3. The minimum absolute atomic E-state index is 0.253. The topological polar surface area (TPSA) is 71.4 Å². The number of imide groups is 1. The Morgan fingerprint density at radius 1 is 1.00 bits per heavy atom. The minimum Gasteiger partial charge on any atom is -0.319 e. The molecule has 1 saturated heterocycles. The molecule has 2 aromatic carbocycles. The quantitative estimate of drug-likeness (QED) is 0.476. The van der Waals surface area contributed by atoms with Crippen molar-refractivity contribution in [3.05, 3.63) is 88.2 Å². The van der Waals surface area contributed by atoms with Gasteiger partial charge < -0.3 is 9.88 Å². The van der Waals surface area contributed by atoms with Gasteiger partial charge in [-0.1, -0.05) is 36.4 Å². The zero-order valence-corrected chi connectivity index (χ0v) is 19.1. The second-order valence-corrected chi connectivity index (χ2v) is 9.16. The number of carbonyl (C=O) groups is 3. The first-order valence-electron chi connectivity index (χ1n) is 11.3. The van der Waals surface area contributed by atoms with Crippen LogP contribution in [0.25, 0.3) is 5.69 Å². The predicted molar refractivity (Wildman–Crippen MR) is 126 cm³/mol. The number of amides is 3. The molecule has 5 rings (SSSR count). The molecule has 1 N–H and O–H groups in total. The fourth-order valence-electron chi connectivity index (χ4n) is 5.18. The molecule has 0 bridgehead atoms. The van der Waals surface area contributed by atoms with Crippen LogP contribution >= 0.6 is 0 Å². The second-order valence-electron chi connectivity index (χ2n) is 9.16. The lowest BCUT2D eigenvalue weighted by Gasteiger charge is -2.22. The van der Waals surface area contributed by atoms with Gasteiger partial charge >= 0.3 is 6.03 Å². The fraction of sp³-hybridized carbons (Fsp3) is 0.296. The van der Waals surface area contributed by atoms with Crippen molar-refractivity contribution in [1.29, 1.82) is 0 Å². The van der Waals surface area contributed by atoms with Crippen molar-refractivity contribution >= 4 is 17.7 Å². The Labute approximate surface area is 193 Å². The highest BCUT2D eigenvalue weighted by molar-refractivity contribution is 6.11. The maximum Gasteiger partial charge on any atom is 0.325 e. The van der Waals surface area contributed by atoms with Crippen LogP contribution in [-0.2, 0) is 23.2 Å². The summed E-state index contributed by atoms with van der Waals surface area (Å²) in [4.78, 5) is 40.1. The van der Waals surface area contributed by atoms with Gasteiger partial charge in [-0.2, -0.15) is 0 Å². The van der Waals surface area contributed by atoms with Crippen LogP contribution in [0.2, 0.25) is 0 Å². The van der Waals surface area contributed by atoms with E-state index in [-0.39, 0.29) is 12.3 Å². The zero-order valence-electron chi connectivity index (χ0n) is 19.1. The summed E-state index contributed by atoms with van der Waals surface area (Å²) in [5, 5.41) is 2.76. The van der Waals surface area contributed by atoms with Crippen LogP contribution < -0.4 is 5.32 Å². The van der Waals surface area contributed by atoms with Crippen molar-refractivity contribution in [2.45, 2.75) is 45.6 Å². The number of aryl methyl sites for hydroxylation is 3. The molecule has 3 amide bonds. The van der Waals surface area contributed by atoms with E-state index < -0.39 is 17.5 Å². The summed E-state index contributed by atoms with van der Waals surface area (Å²) in [5.41, 5.74) is 5.60. The SMILES string of the molecule is Cc1cc(C(=O)CN2C(=O)N[C@](C)(c3ccccc3)C2=O)c(C)n1-c1ccc2c(c1)CCC2. The maximum atomic E-state index is 13.3. The molecule has 1 aliphatic heterocycles. The molecule has 0 spiro atoms. The highest BCUT2D eigenvalue weighted by atomic mass is 16.2. The van der Waals surface area contributed by atoms with Crippen molar-refractivity contribution in [3.63, 3.8) is 0 Å². The summed E-state index contributed by atoms with van der Waals surface area (Å²) < 4.78 is 2.08. The van der Waals surface area contributed by atoms with E-state index in [4.69, 9.17) is 0 Å². The first-order valence-corrected chi connectivity index (χ1v) is 11.3. The van der Waals surface area contributed by atoms with Gasteiger partial charge in [0.25, 0.3) is 5.91 Å². The lowest BCUT2D eigenvalue weighted by atomic mass is 9.92. The summed E-state index contributed by atoms with van der Waals surface area (Å²) in [5.74, 6) is -0.671. The Balaban J connectivity index is 1.41. The molecular formula is C27H27N3O3. The van der Waals surface area contributed by atoms with E-state index in [1.807, 2.05) is 38.1 Å². The third kappa shape index (κ3) is 3.37. The molecule has 0 radical (unpaired) electrons. The Hall–Kier alpha value is -3.67. The number of ketones is 1. The summed E-state index contributed by atoms with van der Waals surface area (Å²) in [7, 11) is 0. The summed E-state index contributed by atoms with van der Waals surface area (Å²) in [6, 6.07) is 16.9. The van der Waals surface area contributed by atoms with Gasteiger partial charge in [0.1, 0.15) is 5.54 Å². The molecule has 168 valence electrons. The summed E-state index contributed by atoms with van der Waals surface area (Å²) in [6.07, 6.45) is 3.39. The number of carbonyl (C=O) groups excluding carboxylic acids is 3. The van der Waals surface area contributed by atoms with E-state index in [9.17, 15) is 14.4 Å². The van der Waals surface area contributed by atoms with Crippen LogP contribution in [0.4, 0.5) is 4.79 Å². The van der Waals surface area contributed by atoms with E-state index in [1.165, 1.54) is 17.5 Å². The normalized spacial score (nSPS) is 19.7. The fourth-order valence-corrected chi connectivity index (χ4v) is 5.18. The van der Waals surface area contributed by atoms with Gasteiger partial charge in [-0.05, 0) is 74.9 Å². The van der Waals surface area contributed by atoms with Crippen LogP contribution in [0, 0.1) is 13.8 Å². The summed E-state index contributed by atoms with van der Waals surface area (Å²) >= 11 is 0. The Bertz CT molecular complexity index is 1290. The number of urea groups is 1. The molecule has 0 saturated carbocycles. The average Bonchev–Trinajstić information content (AvgIpc) is 3.45. The third-order valence-electron chi connectivity index (χ3n) is 7.00. The number of hydrogen-bond acceptors (Lipinski definition) is 3. The molecule has 1 aromatic heterocycles. The number of hydrogen-bond donors (Lipinski definition) is 1. The van der Waals surface area contributed by atoms with Gasteiger partial charge in [-0.3, -0.25) is 14.5 Å². The van der Waals surface area contributed by atoms with Crippen LogP contribution in [-0.4, -0.2) is 33.7 Å². The Morgan fingerprint density at radius 3 is 2.48 bits per heavy atom. The van der Waals surface area contributed by atoms with E-state index in [0.29, 0.717) is 11.1 Å². The molecular weight excluding hydrogens is 414 g/mol. The zero-order chi connectivity index (χ0) is 23.3. The van der Waals surface area contributed by atoms with Gasteiger partial charge in [0.05, 0.1) is 6.54 Å². The van der Waals surface area contributed by atoms with Crippen molar-refractivity contribution in [2.24, 2.45) is 0 Å². The number of rotatable bonds is 5. The van der Waals surface area contributed by atoms with Crippen molar-refractivity contribution in [3.8, 4) is 5.69 Å². The van der Waals surface area contributed by atoms with E-state index >= 15 is 0 Å². The van der Waals surface area contributed by atoms with Crippen LogP contribution in [0.5, 0.6) is 0 Å². The number of nitrogens with one attached hydrogen (secondary N) is 1. The van der Waals surface area contributed by atoms with E-state index in [1.54, 1.807) is 19.1 Å². The van der Waals surface area contributed by atoms with Gasteiger partial charge in [0.2, 0.25) is 0 Å². The molecule has 6 heteroatoms. The van der Waals surface area contributed by atoms with Crippen molar-refractivity contribution < 1.29 is 14.4 Å². The molecule has 2 heterocycles. The van der Waals surface area contributed by atoms with Gasteiger partial charge in [0, 0.05) is 22.6 Å². The lowest BCUT2D eigenvalue weighted by molar-refractivity contribution is -0.130. The minimum atomic E-state index is -1.18. The highest BCUT2D eigenvalue weighted by Crippen LogP contribution is 2.30. The molecule has 6 nitrogen and oxygen atoms in total. The van der Waals surface area contributed by atoms with Gasteiger partial charge in [0.15, 0.2) is 5.78 Å². The van der Waals surface area contributed by atoms with E-state index in [0.717, 1.165) is 34.8 Å². The number of fused-ring (bicyclic) bond motifs is 1. The third-order valence-corrected chi connectivity index (χ3v) is 7.00. The molecule has 2 aliphatic rings. The monoisotopic (exact) mass is 441 g/mol. The number of nitrogens with zero attached hydrogens (tertiary/aromatic N) is 2. The van der Waals surface area contributed by atoms with Crippen molar-refractivity contribution in [1.82, 2.24) is 14.8 Å². The number of aromatic nitrogens is 1. The lowest BCUT2D eigenvalue weighted by Crippen LogP contribution is -2.41. The summed E-state index contributed by atoms with van der Waals surface area (Å²) in [6.45, 7) is 5.26. The molecule has 33 heavy (non-hydrogen) atoms. The smallest absolute Gasteiger partial charge is 0.319 e.